The predicted octanol–water partition coefficient (Wildman–Crippen LogP) is 2.30. The molecule has 7 heteroatoms. The molecule has 0 radical (unpaired) electrons. The monoisotopic (exact) mass is 268 g/mol. The highest BCUT2D eigenvalue weighted by atomic mass is 19.4. The molecule has 0 N–H and O–H groups in total. The number of rotatable bonds is 11. The molecule has 0 spiro atoms. The highest BCUT2D eigenvalue weighted by molar-refractivity contribution is 6.66. The number of hydrogen-bond acceptors (Lipinski definition) is 3. The van der Waals surface area contributed by atoms with Gasteiger partial charge in [-0.15, -0.1) is 12.1 Å². The topological polar surface area (TPSA) is 21.7 Å². The van der Waals surface area contributed by atoms with Crippen molar-refractivity contribution >= 4 is 6.98 Å². The van der Waals surface area contributed by atoms with Crippen molar-refractivity contribution in [2.45, 2.75) is 13.8 Å². The van der Waals surface area contributed by atoms with Crippen molar-refractivity contribution in [1.29, 1.82) is 0 Å². The van der Waals surface area contributed by atoms with Crippen LogP contribution in [0.2, 0.25) is 0 Å². The molecule has 18 heavy (non-hydrogen) atoms. The average molecular weight is 268 g/mol. The van der Waals surface area contributed by atoms with Gasteiger partial charge in [-0.25, -0.2) is 0 Å². The molecule has 3 nitrogen and oxygen atoms in total. The fourth-order valence-electron chi connectivity index (χ4n) is 1.34. The summed E-state index contributed by atoms with van der Waals surface area (Å²) < 4.78 is 47.7. The van der Waals surface area contributed by atoms with E-state index in [1.165, 1.54) is 0 Å². The highest BCUT2D eigenvalue weighted by Gasteiger charge is 2.27. The Balaban J connectivity index is 4.14. The molecule has 0 heterocycles. The van der Waals surface area contributed by atoms with Crippen molar-refractivity contribution in [3.63, 3.8) is 0 Å². The van der Waals surface area contributed by atoms with Crippen molar-refractivity contribution in [2.75, 3.05) is 46.1 Å². The summed E-state index contributed by atoms with van der Waals surface area (Å²) >= 11 is 0. The summed E-state index contributed by atoms with van der Waals surface area (Å²) in [6.45, 7) is 4.51. The smallest absolute Gasteiger partial charge is 0.445 e. The van der Waals surface area contributed by atoms with Crippen LogP contribution in [-0.2, 0) is 9.47 Å². The summed E-state index contributed by atoms with van der Waals surface area (Å²) in [7, 11) is 0. The third-order valence-corrected chi connectivity index (χ3v) is 2.40. The lowest BCUT2D eigenvalue weighted by molar-refractivity contribution is 0.0869. The molecule has 0 aromatic heterocycles. The molecular weight excluding hydrogens is 246 g/mol. The summed E-state index contributed by atoms with van der Waals surface area (Å²) in [6, 6.07) is 0. The van der Waals surface area contributed by atoms with Gasteiger partial charge in [-0.3, -0.25) is 4.90 Å². The number of hydrogen-bond donors (Lipinski definition) is 0. The Hall–Kier alpha value is -0.525. The maximum absolute atomic E-state index is 12.5. The first-order chi connectivity index (χ1) is 8.41. The fraction of sp³-hybridized carbons (Fsp3) is 0.818. The second-order valence-corrected chi connectivity index (χ2v) is 3.90. The van der Waals surface area contributed by atoms with Gasteiger partial charge in [0, 0.05) is 26.3 Å². The minimum Gasteiger partial charge on any atom is -0.445 e. The molecule has 0 saturated heterocycles. The van der Waals surface area contributed by atoms with Crippen LogP contribution in [0.15, 0.2) is 12.1 Å². The van der Waals surface area contributed by atoms with Gasteiger partial charge in [-0.1, -0.05) is 0 Å². The van der Waals surface area contributed by atoms with Gasteiger partial charge in [0.1, 0.15) is 0 Å². The zero-order chi connectivity index (χ0) is 14.0. The molecule has 0 aliphatic rings. The molecule has 0 atom stereocenters. The molecule has 0 aromatic rings. The van der Waals surface area contributed by atoms with Gasteiger partial charge in [0.15, 0.2) is 0 Å². The van der Waals surface area contributed by atoms with Gasteiger partial charge in [0.2, 0.25) is 0 Å². The third kappa shape index (κ3) is 8.55. The van der Waals surface area contributed by atoms with Crippen LogP contribution in [0.5, 0.6) is 0 Å². The molecule has 0 aliphatic carbocycles. The number of halogens is 3. The zero-order valence-electron chi connectivity index (χ0n) is 11.1. The maximum Gasteiger partial charge on any atom is 0.506 e. The number of nitrogens with zero attached hydrogens (tertiary/aromatic N) is 1. The van der Waals surface area contributed by atoms with Crippen LogP contribution in [0.3, 0.4) is 0 Å². The lowest BCUT2D eigenvalue weighted by atomic mass is 9.80. The van der Waals surface area contributed by atoms with E-state index >= 15 is 0 Å². The summed E-state index contributed by atoms with van der Waals surface area (Å²) in [5.41, 5.74) is -0.678. The molecule has 0 bridgehead atoms. The molecule has 0 amide bonds. The average Bonchev–Trinajstić information content (AvgIpc) is 2.28. The van der Waals surface area contributed by atoms with E-state index in [2.05, 4.69) is 6.58 Å². The Morgan fingerprint density at radius 3 is 1.83 bits per heavy atom. The highest BCUT2D eigenvalue weighted by Crippen LogP contribution is 2.18. The molecule has 0 unspecified atom stereocenters. The van der Waals surface area contributed by atoms with Crippen molar-refractivity contribution < 1.29 is 22.4 Å². The second-order valence-electron chi connectivity index (χ2n) is 3.90. The van der Waals surface area contributed by atoms with E-state index in [0.717, 1.165) is 0 Å². The van der Waals surface area contributed by atoms with Gasteiger partial charge in [-0.2, -0.15) is 0 Å². The molecule has 0 rings (SSSR count). The summed E-state index contributed by atoms with van der Waals surface area (Å²) in [6.07, 6.45) is 0. The SMILES string of the molecule is C=C(CN(CCOCC)CCOCC)[B-](F)(F)F. The van der Waals surface area contributed by atoms with Crippen LogP contribution in [0.1, 0.15) is 13.8 Å². The third-order valence-electron chi connectivity index (χ3n) is 2.40. The van der Waals surface area contributed by atoms with Crippen molar-refractivity contribution in [1.82, 2.24) is 4.90 Å². The summed E-state index contributed by atoms with van der Waals surface area (Å²) in [4.78, 5) is 1.66. The van der Waals surface area contributed by atoms with Crippen molar-refractivity contribution in [2.24, 2.45) is 0 Å². The fourth-order valence-corrected chi connectivity index (χ4v) is 1.34. The van der Waals surface area contributed by atoms with Crippen molar-refractivity contribution in [3.05, 3.63) is 12.1 Å². The first-order valence-electron chi connectivity index (χ1n) is 6.17. The Bertz CT molecular complexity index is 227. The van der Waals surface area contributed by atoms with Gasteiger partial charge in [0.25, 0.3) is 0 Å². The Kier molecular flexibility index (Phi) is 9.14. The van der Waals surface area contributed by atoms with E-state index < -0.39 is 12.4 Å². The van der Waals surface area contributed by atoms with Gasteiger partial charge in [0.05, 0.1) is 13.2 Å². The van der Waals surface area contributed by atoms with Crippen LogP contribution in [0, 0.1) is 0 Å². The van der Waals surface area contributed by atoms with E-state index in [4.69, 9.17) is 9.47 Å². The molecule has 108 valence electrons. The van der Waals surface area contributed by atoms with Crippen LogP contribution in [0.4, 0.5) is 12.9 Å². The van der Waals surface area contributed by atoms with Gasteiger partial charge >= 0.3 is 6.98 Å². The predicted molar refractivity (Wildman–Crippen MR) is 67.6 cm³/mol. The minimum absolute atomic E-state index is 0.177. The Labute approximate surface area is 107 Å². The first kappa shape index (κ1) is 17.5. The number of ether oxygens (including phenoxy) is 2. The molecule has 0 saturated carbocycles. The quantitative estimate of drug-likeness (QED) is 0.424. The lowest BCUT2D eigenvalue weighted by Crippen LogP contribution is -2.37. The summed E-state index contributed by atoms with van der Waals surface area (Å²) in [5, 5.41) is 0. The maximum atomic E-state index is 12.5. The summed E-state index contributed by atoms with van der Waals surface area (Å²) in [5.74, 6) is 0. The van der Waals surface area contributed by atoms with E-state index in [0.29, 0.717) is 39.5 Å². The van der Waals surface area contributed by atoms with Gasteiger partial charge < -0.3 is 22.4 Å². The minimum atomic E-state index is -4.97. The van der Waals surface area contributed by atoms with Crippen LogP contribution < -0.4 is 0 Å². The van der Waals surface area contributed by atoms with Crippen LogP contribution in [0.25, 0.3) is 0 Å². The van der Waals surface area contributed by atoms with Crippen molar-refractivity contribution in [3.8, 4) is 0 Å². The Morgan fingerprint density at radius 1 is 1.06 bits per heavy atom. The standard InChI is InChI=1S/C11H22BF3NO2/c1-4-17-8-6-16(7-9-18-5-2)10-11(3)12(13,14)15/h3-10H2,1-2H3/q-1. The molecular formula is C11H22BF3NO2-. The van der Waals surface area contributed by atoms with Gasteiger partial charge in [-0.05, 0) is 20.4 Å². The lowest BCUT2D eigenvalue weighted by Gasteiger charge is -2.27. The Morgan fingerprint density at radius 2 is 1.50 bits per heavy atom. The van der Waals surface area contributed by atoms with E-state index in [9.17, 15) is 12.9 Å². The first-order valence-corrected chi connectivity index (χ1v) is 6.17. The second kappa shape index (κ2) is 9.41. The van der Waals surface area contributed by atoms with E-state index in [1.807, 2.05) is 13.8 Å². The normalized spacial score (nSPS) is 12.1. The van der Waals surface area contributed by atoms with Crippen LogP contribution >= 0.6 is 0 Å². The molecule has 0 fully saturated rings. The van der Waals surface area contributed by atoms with E-state index in [1.54, 1.807) is 4.90 Å². The zero-order valence-corrected chi connectivity index (χ0v) is 11.1. The largest absolute Gasteiger partial charge is 0.506 e. The molecule has 0 aliphatic heterocycles. The van der Waals surface area contributed by atoms with E-state index in [-0.39, 0.29) is 6.54 Å². The van der Waals surface area contributed by atoms with Crippen LogP contribution in [-0.4, -0.2) is 57.9 Å². The molecule has 0 aromatic carbocycles.